The monoisotopic (exact) mass is 455 g/mol. The summed E-state index contributed by atoms with van der Waals surface area (Å²) in [6.07, 6.45) is 6.81. The van der Waals surface area contributed by atoms with Gasteiger partial charge in [0, 0.05) is 10.3 Å². The number of rotatable bonds is 5. The number of para-hydroxylation sites is 2. The minimum Gasteiger partial charge on any atom is -0.429 e. The third-order valence-corrected chi connectivity index (χ3v) is 5.77. The number of halogens is 1. The molecule has 0 unspecified atom stereocenters. The van der Waals surface area contributed by atoms with Gasteiger partial charge >= 0.3 is 0 Å². The first-order chi connectivity index (χ1) is 13.5. The fraction of sp³-hybridized carbons (Fsp3) is 0. The van der Waals surface area contributed by atoms with Crippen molar-refractivity contribution in [3.63, 3.8) is 0 Å². The number of nitrogens with zero attached hydrogens (tertiary/aromatic N) is 5. The van der Waals surface area contributed by atoms with E-state index in [1.54, 1.807) is 52.3 Å². The van der Waals surface area contributed by atoms with E-state index in [2.05, 4.69) is 37.2 Å². The van der Waals surface area contributed by atoms with Gasteiger partial charge in [0.1, 0.15) is 12.4 Å². The van der Waals surface area contributed by atoms with E-state index in [0.717, 1.165) is 4.47 Å². The molecule has 28 heavy (non-hydrogen) atoms. The molecule has 0 atom stereocenters. The molecule has 140 valence electrons. The van der Waals surface area contributed by atoms with Crippen molar-refractivity contribution in [3.05, 3.63) is 83.0 Å². The molecule has 2 aromatic carbocycles. The molecule has 9 heteroatoms. The molecular formula is C19H14BrN5O2S. The molecule has 4 aromatic rings. The molecule has 0 aliphatic rings. The van der Waals surface area contributed by atoms with Gasteiger partial charge in [0.15, 0.2) is 0 Å². The van der Waals surface area contributed by atoms with Gasteiger partial charge < -0.3 is 9.71 Å². The Kier molecular flexibility index (Phi) is 4.70. The smallest absolute Gasteiger partial charge is 0.254 e. The predicted octanol–water partition coefficient (Wildman–Crippen LogP) is 3.97. The van der Waals surface area contributed by atoms with Crippen LogP contribution in [-0.4, -0.2) is 23.0 Å². The van der Waals surface area contributed by atoms with Crippen molar-refractivity contribution in [2.45, 2.75) is 4.90 Å². The molecule has 0 fully saturated rings. The second-order valence-corrected chi connectivity index (χ2v) is 8.35. The van der Waals surface area contributed by atoms with E-state index >= 15 is 0 Å². The molecule has 0 saturated heterocycles. The lowest BCUT2D eigenvalue weighted by Gasteiger charge is -2.18. The van der Waals surface area contributed by atoms with Crippen LogP contribution in [0.3, 0.4) is 0 Å². The molecule has 4 rings (SSSR count). The summed E-state index contributed by atoms with van der Waals surface area (Å²) in [5.41, 5.74) is 1.19. The van der Waals surface area contributed by atoms with Crippen molar-refractivity contribution in [1.29, 1.82) is 0 Å². The molecule has 0 aliphatic heterocycles. The average molecular weight is 456 g/mol. The highest BCUT2D eigenvalue weighted by atomic mass is 79.9. The number of aromatic nitrogens is 4. The first kappa shape index (κ1) is 18.3. The summed E-state index contributed by atoms with van der Waals surface area (Å²) >= 11 is 3.30. The highest BCUT2D eigenvalue weighted by Crippen LogP contribution is 2.32. The van der Waals surface area contributed by atoms with Gasteiger partial charge in [0.05, 0.1) is 16.6 Å². The maximum Gasteiger partial charge on any atom is 0.254 e. The van der Waals surface area contributed by atoms with Crippen LogP contribution < -0.4 is 4.57 Å². The lowest BCUT2D eigenvalue weighted by molar-refractivity contribution is -0.566. The van der Waals surface area contributed by atoms with Gasteiger partial charge in [0.2, 0.25) is 15.8 Å². The van der Waals surface area contributed by atoms with Crippen LogP contribution in [0.2, 0.25) is 0 Å². The van der Waals surface area contributed by atoms with Crippen molar-refractivity contribution in [1.82, 2.24) is 14.5 Å². The first-order valence-electron chi connectivity index (χ1n) is 8.18. The Balaban J connectivity index is 1.85. The largest absolute Gasteiger partial charge is 0.429 e. The van der Waals surface area contributed by atoms with Crippen molar-refractivity contribution in [2.75, 3.05) is 0 Å². The quantitative estimate of drug-likeness (QED) is 0.426. The normalized spacial score (nSPS) is 11.5. The third-order valence-electron chi connectivity index (χ3n) is 3.97. The molecule has 7 nitrogen and oxygen atoms in total. The van der Waals surface area contributed by atoms with Crippen LogP contribution in [0.1, 0.15) is 0 Å². The van der Waals surface area contributed by atoms with Gasteiger partial charge in [-0.1, -0.05) is 40.7 Å². The molecule has 0 bridgehead atoms. The Bertz CT molecular complexity index is 1280. The standard InChI is InChI=1S/C19H14BrN5O2S/c1-2-24-11-12-25(13-24)19-18(21-16-5-3-4-6-17(16)22-19)23-28(26,27)15-9-7-14(20)8-10-15/h2-13H,1H2. The summed E-state index contributed by atoms with van der Waals surface area (Å²) in [5, 5.41) is 0. The Hall–Kier alpha value is -3.04. The number of imidazole rings is 1. The second kappa shape index (κ2) is 7.17. The Morgan fingerprint density at radius 2 is 1.75 bits per heavy atom. The van der Waals surface area contributed by atoms with Crippen LogP contribution in [0.15, 0.2) is 83.2 Å². The van der Waals surface area contributed by atoms with Gasteiger partial charge in [-0.15, -0.1) is 0 Å². The lowest BCUT2D eigenvalue weighted by atomic mass is 10.3. The fourth-order valence-corrected chi connectivity index (χ4v) is 3.79. The van der Waals surface area contributed by atoms with Crippen LogP contribution in [0.25, 0.3) is 27.8 Å². The summed E-state index contributed by atoms with van der Waals surface area (Å²) in [4.78, 5) is 9.09. The van der Waals surface area contributed by atoms with Crippen LogP contribution in [0.4, 0.5) is 5.82 Å². The summed E-state index contributed by atoms with van der Waals surface area (Å²) < 4.78 is 33.7. The number of sulfonamides is 1. The van der Waals surface area contributed by atoms with E-state index in [9.17, 15) is 8.42 Å². The van der Waals surface area contributed by atoms with Crippen LogP contribution in [0.5, 0.6) is 0 Å². The van der Waals surface area contributed by atoms with E-state index in [4.69, 9.17) is 0 Å². The van der Waals surface area contributed by atoms with Crippen molar-refractivity contribution >= 4 is 49.0 Å². The topological polar surface area (TPSA) is 82.8 Å². The highest BCUT2D eigenvalue weighted by Gasteiger charge is 2.16. The molecule has 0 radical (unpaired) electrons. The maximum absolute atomic E-state index is 12.8. The zero-order valence-electron chi connectivity index (χ0n) is 14.5. The number of hydrogen-bond donors (Lipinski definition) is 0. The molecular weight excluding hydrogens is 442 g/mol. The van der Waals surface area contributed by atoms with Gasteiger partial charge in [-0.25, -0.2) is 18.0 Å². The minimum absolute atomic E-state index is 0.00781. The van der Waals surface area contributed by atoms with Gasteiger partial charge in [-0.05, 0) is 35.8 Å². The van der Waals surface area contributed by atoms with E-state index in [1.165, 1.54) is 12.1 Å². The van der Waals surface area contributed by atoms with Crippen molar-refractivity contribution in [2.24, 2.45) is 0 Å². The van der Waals surface area contributed by atoms with E-state index < -0.39 is 10.0 Å². The Labute approximate surface area is 170 Å². The molecule has 0 amide bonds. The molecule has 0 spiro atoms. The van der Waals surface area contributed by atoms with Gasteiger partial charge in [-0.3, -0.25) is 0 Å². The van der Waals surface area contributed by atoms with E-state index in [1.807, 2.05) is 18.2 Å². The van der Waals surface area contributed by atoms with Gasteiger partial charge in [-0.2, -0.15) is 4.57 Å². The predicted molar refractivity (Wildman–Crippen MR) is 110 cm³/mol. The Morgan fingerprint density at radius 1 is 1.07 bits per heavy atom. The summed E-state index contributed by atoms with van der Waals surface area (Å²) in [6, 6.07) is 13.5. The Morgan fingerprint density at radius 3 is 2.39 bits per heavy atom. The van der Waals surface area contributed by atoms with Gasteiger partial charge in [0.25, 0.3) is 6.33 Å². The van der Waals surface area contributed by atoms with Crippen molar-refractivity contribution < 1.29 is 13.0 Å². The summed E-state index contributed by atoms with van der Waals surface area (Å²) in [5.74, 6) is 0.313. The third kappa shape index (κ3) is 3.54. The van der Waals surface area contributed by atoms with Crippen LogP contribution in [-0.2, 0) is 10.0 Å². The second-order valence-electron chi connectivity index (χ2n) is 5.83. The SMILES string of the molecule is C=C[n+]1ccn(-c2nc3ccccc3nc2[N-]S(=O)(=O)c2ccc(Br)cc2)c1. The highest BCUT2D eigenvalue weighted by molar-refractivity contribution is 9.10. The van der Waals surface area contributed by atoms with Crippen LogP contribution >= 0.6 is 15.9 Å². The molecule has 0 N–H and O–H groups in total. The van der Waals surface area contributed by atoms with Crippen LogP contribution in [0, 0.1) is 0 Å². The maximum atomic E-state index is 12.8. The summed E-state index contributed by atoms with van der Waals surface area (Å²) in [6.45, 7) is 3.71. The van der Waals surface area contributed by atoms with E-state index in [-0.39, 0.29) is 10.7 Å². The first-order valence-corrected chi connectivity index (χ1v) is 10.4. The molecule has 2 aromatic heterocycles. The lowest BCUT2D eigenvalue weighted by Crippen LogP contribution is -2.21. The number of benzene rings is 2. The minimum atomic E-state index is -3.97. The molecule has 0 aliphatic carbocycles. The van der Waals surface area contributed by atoms with Crippen molar-refractivity contribution in [3.8, 4) is 5.82 Å². The number of fused-ring (bicyclic) bond motifs is 1. The fourth-order valence-electron chi connectivity index (χ4n) is 2.59. The average Bonchev–Trinajstić information content (AvgIpc) is 3.16. The summed E-state index contributed by atoms with van der Waals surface area (Å²) in [7, 11) is -3.97. The zero-order chi connectivity index (χ0) is 19.7. The van der Waals surface area contributed by atoms with E-state index in [0.29, 0.717) is 16.9 Å². The molecule has 0 saturated carbocycles. The zero-order valence-corrected chi connectivity index (χ0v) is 16.9. The molecule has 2 heterocycles. The number of hydrogen-bond acceptors (Lipinski definition) is 4.